The fourth-order valence-electron chi connectivity index (χ4n) is 1.87. The predicted octanol–water partition coefficient (Wildman–Crippen LogP) is 2.45. The highest BCUT2D eigenvalue weighted by molar-refractivity contribution is 6.55. The third-order valence-electron chi connectivity index (χ3n) is 2.67. The second-order valence-corrected chi connectivity index (χ2v) is 4.49. The van der Waals surface area contributed by atoms with Crippen LogP contribution in [0.1, 0.15) is 10.4 Å². The van der Waals surface area contributed by atoms with Crippen molar-refractivity contribution >= 4 is 29.0 Å². The Balaban J connectivity index is 2.05. The summed E-state index contributed by atoms with van der Waals surface area (Å²) in [4.78, 5) is 24.5. The number of rotatable bonds is 4. The monoisotopic (exact) mass is 307 g/mol. The molecule has 0 radical (unpaired) electrons. The summed E-state index contributed by atoms with van der Waals surface area (Å²) in [7, 11) is 0. The van der Waals surface area contributed by atoms with Gasteiger partial charge in [-0.25, -0.2) is 0 Å². The Morgan fingerprint density at radius 2 is 1.95 bits per heavy atom. The molecule has 1 heterocycles. The maximum Gasteiger partial charge on any atom is 0.411 e. The van der Waals surface area contributed by atoms with Crippen LogP contribution in [-0.2, 0) is 9.53 Å². The zero-order chi connectivity index (χ0) is 14.9. The molecule has 0 spiro atoms. The molecule has 0 bridgehead atoms. The fourth-order valence-corrected chi connectivity index (χ4v) is 2.12. The Hall–Kier alpha value is -1.60. The summed E-state index contributed by atoms with van der Waals surface area (Å²) in [6, 6.07) is 4.53. The quantitative estimate of drug-likeness (QED) is 0.634. The van der Waals surface area contributed by atoms with Crippen molar-refractivity contribution in [2.75, 3.05) is 24.7 Å². The maximum atomic E-state index is 11.9. The molecule has 8 heteroatoms. The number of ether oxygens (including phenoxy) is 1. The van der Waals surface area contributed by atoms with E-state index in [9.17, 15) is 22.8 Å². The molecule has 0 atom stereocenters. The molecule has 0 aromatic heterocycles. The van der Waals surface area contributed by atoms with Crippen molar-refractivity contribution in [3.05, 3.63) is 28.8 Å². The van der Waals surface area contributed by atoms with Crippen LogP contribution in [0.15, 0.2) is 18.2 Å². The SMILES string of the molecule is O=C1C(=O)N(CCOCC(F)(F)F)c2cccc(Cl)c21. The second kappa shape index (κ2) is 5.41. The van der Waals surface area contributed by atoms with E-state index < -0.39 is 24.5 Å². The minimum absolute atomic E-state index is 0.0787. The summed E-state index contributed by atoms with van der Waals surface area (Å²) in [6.07, 6.45) is -4.42. The van der Waals surface area contributed by atoms with Crippen molar-refractivity contribution in [3.63, 3.8) is 0 Å². The standard InChI is InChI=1S/C12H9ClF3NO3/c13-7-2-1-3-8-9(7)10(18)11(19)17(8)4-5-20-6-12(14,15)16/h1-3H,4-6H2. The van der Waals surface area contributed by atoms with Crippen molar-refractivity contribution in [2.24, 2.45) is 0 Å². The molecule has 4 nitrogen and oxygen atoms in total. The van der Waals surface area contributed by atoms with Crippen LogP contribution in [0.2, 0.25) is 5.02 Å². The van der Waals surface area contributed by atoms with Crippen molar-refractivity contribution in [1.29, 1.82) is 0 Å². The normalized spacial score (nSPS) is 14.9. The third kappa shape index (κ3) is 2.94. The summed E-state index contributed by atoms with van der Waals surface area (Å²) in [6.45, 7) is -1.87. The van der Waals surface area contributed by atoms with Gasteiger partial charge in [0, 0.05) is 6.54 Å². The van der Waals surface area contributed by atoms with Gasteiger partial charge in [0.2, 0.25) is 0 Å². The number of Topliss-reactive ketones (excluding diaryl/α,β-unsaturated/α-hetero) is 1. The van der Waals surface area contributed by atoms with Crippen LogP contribution in [0.4, 0.5) is 18.9 Å². The van der Waals surface area contributed by atoms with Crippen LogP contribution in [0, 0.1) is 0 Å². The van der Waals surface area contributed by atoms with E-state index in [1.807, 2.05) is 0 Å². The molecule has 0 fully saturated rings. The van der Waals surface area contributed by atoms with Crippen LogP contribution in [0.5, 0.6) is 0 Å². The van der Waals surface area contributed by atoms with Gasteiger partial charge >= 0.3 is 6.18 Å². The first-order valence-electron chi connectivity index (χ1n) is 5.60. The molecule has 20 heavy (non-hydrogen) atoms. The van der Waals surface area contributed by atoms with Crippen molar-refractivity contribution < 1.29 is 27.5 Å². The lowest BCUT2D eigenvalue weighted by Crippen LogP contribution is -2.33. The van der Waals surface area contributed by atoms with Gasteiger partial charge in [0.1, 0.15) is 6.61 Å². The number of nitrogens with zero attached hydrogens (tertiary/aromatic N) is 1. The van der Waals surface area contributed by atoms with E-state index in [0.29, 0.717) is 5.69 Å². The van der Waals surface area contributed by atoms with E-state index in [1.165, 1.54) is 12.1 Å². The topological polar surface area (TPSA) is 46.6 Å². The molecule has 1 aliphatic rings. The Bertz CT molecular complexity index is 559. The van der Waals surface area contributed by atoms with Gasteiger partial charge in [-0.3, -0.25) is 9.59 Å². The lowest BCUT2D eigenvalue weighted by molar-refractivity contribution is -0.173. The number of hydrogen-bond donors (Lipinski definition) is 0. The average Bonchev–Trinajstić information content (AvgIpc) is 2.59. The Morgan fingerprint density at radius 3 is 2.60 bits per heavy atom. The Kier molecular flexibility index (Phi) is 4.01. The van der Waals surface area contributed by atoms with E-state index in [0.717, 1.165) is 4.90 Å². The van der Waals surface area contributed by atoms with E-state index in [1.54, 1.807) is 6.07 Å². The third-order valence-corrected chi connectivity index (χ3v) is 2.99. The van der Waals surface area contributed by atoms with Crippen LogP contribution in [0.3, 0.4) is 0 Å². The highest BCUT2D eigenvalue weighted by Gasteiger charge is 2.37. The Labute approximate surface area is 117 Å². The van der Waals surface area contributed by atoms with E-state index in [2.05, 4.69) is 4.74 Å². The smallest absolute Gasteiger partial charge is 0.370 e. The van der Waals surface area contributed by atoms with Gasteiger partial charge in [-0.15, -0.1) is 0 Å². The van der Waals surface area contributed by atoms with Gasteiger partial charge in [0.05, 0.1) is 22.9 Å². The summed E-state index contributed by atoms with van der Waals surface area (Å²) in [5.41, 5.74) is 0.373. The average molecular weight is 308 g/mol. The number of benzene rings is 1. The highest BCUT2D eigenvalue weighted by atomic mass is 35.5. The number of alkyl halides is 3. The van der Waals surface area contributed by atoms with E-state index in [-0.39, 0.29) is 23.7 Å². The molecule has 1 amide bonds. The van der Waals surface area contributed by atoms with Gasteiger partial charge < -0.3 is 9.64 Å². The zero-order valence-electron chi connectivity index (χ0n) is 10.0. The zero-order valence-corrected chi connectivity index (χ0v) is 10.8. The minimum Gasteiger partial charge on any atom is -0.370 e. The number of halogens is 4. The first kappa shape index (κ1) is 14.8. The molecule has 0 unspecified atom stereocenters. The van der Waals surface area contributed by atoms with Gasteiger partial charge in [-0.05, 0) is 12.1 Å². The summed E-state index contributed by atoms with van der Waals surface area (Å²) < 4.78 is 40.2. The van der Waals surface area contributed by atoms with Crippen LogP contribution >= 0.6 is 11.6 Å². The van der Waals surface area contributed by atoms with E-state index >= 15 is 0 Å². The number of ketones is 1. The van der Waals surface area contributed by atoms with Crippen LogP contribution < -0.4 is 4.90 Å². The number of hydrogen-bond acceptors (Lipinski definition) is 3. The van der Waals surface area contributed by atoms with Gasteiger partial charge in [0.15, 0.2) is 0 Å². The summed E-state index contributed by atoms with van der Waals surface area (Å²) in [5, 5.41) is 0.138. The molecule has 1 aromatic carbocycles. The van der Waals surface area contributed by atoms with Crippen molar-refractivity contribution in [3.8, 4) is 0 Å². The first-order valence-corrected chi connectivity index (χ1v) is 5.98. The number of fused-ring (bicyclic) bond motifs is 1. The summed E-state index contributed by atoms with van der Waals surface area (Å²) >= 11 is 5.84. The molecule has 0 N–H and O–H groups in total. The van der Waals surface area contributed by atoms with Crippen molar-refractivity contribution in [2.45, 2.75) is 6.18 Å². The molecule has 2 rings (SSSR count). The Morgan fingerprint density at radius 1 is 1.25 bits per heavy atom. The molecular formula is C12H9ClF3NO3. The number of carbonyl (C=O) groups is 2. The number of anilines is 1. The summed E-state index contributed by atoms with van der Waals surface area (Å²) in [5.74, 6) is -1.58. The predicted molar refractivity (Wildman–Crippen MR) is 65.0 cm³/mol. The van der Waals surface area contributed by atoms with Gasteiger partial charge in [-0.1, -0.05) is 17.7 Å². The number of carbonyl (C=O) groups excluding carboxylic acids is 2. The molecule has 0 saturated heterocycles. The number of amides is 1. The molecule has 0 aliphatic carbocycles. The lowest BCUT2D eigenvalue weighted by Gasteiger charge is -2.16. The van der Waals surface area contributed by atoms with Crippen molar-refractivity contribution in [1.82, 2.24) is 0 Å². The van der Waals surface area contributed by atoms with Gasteiger partial charge in [-0.2, -0.15) is 13.2 Å². The largest absolute Gasteiger partial charge is 0.411 e. The molecule has 1 aliphatic heterocycles. The second-order valence-electron chi connectivity index (χ2n) is 4.09. The highest BCUT2D eigenvalue weighted by Crippen LogP contribution is 2.33. The minimum atomic E-state index is -4.42. The molecule has 1 aromatic rings. The van der Waals surface area contributed by atoms with Gasteiger partial charge in [0.25, 0.3) is 11.7 Å². The van der Waals surface area contributed by atoms with Crippen LogP contribution in [-0.4, -0.2) is 37.6 Å². The molecule has 108 valence electrons. The van der Waals surface area contributed by atoms with E-state index in [4.69, 9.17) is 11.6 Å². The van der Waals surface area contributed by atoms with Crippen LogP contribution in [0.25, 0.3) is 0 Å². The maximum absolute atomic E-state index is 11.9. The first-order chi connectivity index (χ1) is 9.31. The lowest BCUT2D eigenvalue weighted by atomic mass is 10.1. The molecule has 0 saturated carbocycles. The fraction of sp³-hybridized carbons (Fsp3) is 0.333. The molecular weight excluding hydrogens is 299 g/mol.